The first kappa shape index (κ1) is 8.37. The summed E-state index contributed by atoms with van der Waals surface area (Å²) in [6.45, 7) is 0. The molecule has 96 valence electrons. The number of rotatable bonds is 1. The van der Waals surface area contributed by atoms with Crippen molar-refractivity contribution in [2.24, 2.45) is 0 Å². The van der Waals surface area contributed by atoms with E-state index in [1.165, 1.54) is 18.2 Å². The fraction of sp³-hybridized carbons (Fsp3) is 0. The molecule has 0 aliphatic carbocycles. The standard InChI is InChI=1S/C15H9FN4/c16-14-7-9(3-6-18-14)12-2-1-10-11-8-17-5-4-13(11)20-15(10)19-12/h1-8H,(H,19,20)/i5T,6T,8T. The zero-order valence-electron chi connectivity index (χ0n) is 13.1. The number of hydrogen-bond acceptors (Lipinski definition) is 3. The van der Waals surface area contributed by atoms with Crippen molar-refractivity contribution in [1.29, 1.82) is 0 Å². The summed E-state index contributed by atoms with van der Waals surface area (Å²) in [6, 6.07) is 7.63. The Labute approximate surface area is 117 Å². The fourth-order valence-corrected chi connectivity index (χ4v) is 2.18. The van der Waals surface area contributed by atoms with Crippen molar-refractivity contribution in [1.82, 2.24) is 19.9 Å². The van der Waals surface area contributed by atoms with E-state index in [2.05, 4.69) is 19.9 Å². The summed E-state index contributed by atoms with van der Waals surface area (Å²) in [7, 11) is 0. The van der Waals surface area contributed by atoms with Gasteiger partial charge in [-0.25, -0.2) is 9.97 Å². The first-order valence-electron chi connectivity index (χ1n) is 7.42. The lowest BCUT2D eigenvalue weighted by molar-refractivity contribution is 0.584. The van der Waals surface area contributed by atoms with Gasteiger partial charge >= 0.3 is 0 Å². The van der Waals surface area contributed by atoms with Crippen LogP contribution in [-0.4, -0.2) is 19.9 Å². The molecule has 4 heterocycles. The van der Waals surface area contributed by atoms with Gasteiger partial charge in [-0.1, -0.05) is 0 Å². The van der Waals surface area contributed by atoms with Crippen LogP contribution >= 0.6 is 0 Å². The highest BCUT2D eigenvalue weighted by molar-refractivity contribution is 6.05. The third kappa shape index (κ3) is 1.64. The van der Waals surface area contributed by atoms with Crippen molar-refractivity contribution in [3.63, 3.8) is 0 Å². The Morgan fingerprint density at radius 1 is 1.10 bits per heavy atom. The van der Waals surface area contributed by atoms with Crippen LogP contribution in [0, 0.1) is 5.95 Å². The molecular weight excluding hydrogens is 255 g/mol. The number of nitrogens with one attached hydrogen (secondary N) is 1. The van der Waals surface area contributed by atoms with E-state index in [-0.39, 0.29) is 18.5 Å². The predicted octanol–water partition coefficient (Wildman–Crippen LogP) is 3.31. The van der Waals surface area contributed by atoms with Crippen molar-refractivity contribution in [2.45, 2.75) is 0 Å². The van der Waals surface area contributed by atoms with Crippen LogP contribution in [0.25, 0.3) is 33.2 Å². The van der Waals surface area contributed by atoms with Gasteiger partial charge in [0.2, 0.25) is 5.95 Å². The molecule has 0 aromatic carbocycles. The van der Waals surface area contributed by atoms with Gasteiger partial charge in [-0.3, -0.25) is 4.98 Å². The molecule has 0 fully saturated rings. The van der Waals surface area contributed by atoms with Crippen molar-refractivity contribution >= 4 is 21.9 Å². The quantitative estimate of drug-likeness (QED) is 0.540. The fourth-order valence-electron chi connectivity index (χ4n) is 2.18. The molecule has 0 radical (unpaired) electrons. The summed E-state index contributed by atoms with van der Waals surface area (Å²) in [5, 5.41) is 1.30. The van der Waals surface area contributed by atoms with Crippen molar-refractivity contribution in [2.75, 3.05) is 0 Å². The van der Waals surface area contributed by atoms with Crippen LogP contribution in [0.4, 0.5) is 4.39 Å². The number of aromatic amines is 1. The lowest BCUT2D eigenvalue weighted by Gasteiger charge is -2.00. The number of halogens is 1. The van der Waals surface area contributed by atoms with E-state index in [4.69, 9.17) is 4.11 Å². The summed E-state index contributed by atoms with van der Waals surface area (Å²) in [5.74, 6) is -0.734. The zero-order valence-corrected chi connectivity index (χ0v) is 10.1. The molecule has 0 amide bonds. The highest BCUT2D eigenvalue weighted by atomic mass is 19.1. The molecule has 20 heavy (non-hydrogen) atoms. The average Bonchev–Trinajstić information content (AvgIpc) is 2.83. The van der Waals surface area contributed by atoms with Crippen molar-refractivity contribution in [3.05, 3.63) is 54.8 Å². The van der Waals surface area contributed by atoms with E-state index in [1.807, 2.05) is 0 Å². The average molecular weight is 270 g/mol. The molecule has 0 aliphatic heterocycles. The second-order valence-electron chi connectivity index (χ2n) is 4.31. The molecular formula is C15H9FN4. The second kappa shape index (κ2) is 4.09. The van der Waals surface area contributed by atoms with E-state index < -0.39 is 5.95 Å². The Kier molecular flexibility index (Phi) is 1.71. The summed E-state index contributed by atoms with van der Waals surface area (Å²) in [4.78, 5) is 14.7. The molecule has 5 heteroatoms. The molecule has 0 saturated carbocycles. The van der Waals surface area contributed by atoms with Gasteiger partial charge in [0.1, 0.15) is 5.65 Å². The topological polar surface area (TPSA) is 54.5 Å². The van der Waals surface area contributed by atoms with Gasteiger partial charge in [-0.15, -0.1) is 0 Å². The van der Waals surface area contributed by atoms with E-state index in [0.717, 1.165) is 0 Å². The van der Waals surface area contributed by atoms with Gasteiger partial charge in [-0.2, -0.15) is 4.39 Å². The van der Waals surface area contributed by atoms with Gasteiger partial charge in [0.15, 0.2) is 0 Å². The predicted molar refractivity (Wildman–Crippen MR) is 74.6 cm³/mol. The van der Waals surface area contributed by atoms with Crippen LogP contribution in [-0.2, 0) is 0 Å². The summed E-state index contributed by atoms with van der Waals surface area (Å²) >= 11 is 0. The smallest absolute Gasteiger partial charge is 0.213 e. The van der Waals surface area contributed by atoms with Gasteiger partial charge in [0.25, 0.3) is 0 Å². The minimum Gasteiger partial charge on any atom is -0.339 e. The van der Waals surface area contributed by atoms with E-state index in [9.17, 15) is 4.39 Å². The number of aromatic nitrogens is 4. The third-order valence-corrected chi connectivity index (χ3v) is 3.09. The maximum atomic E-state index is 13.4. The molecule has 0 saturated heterocycles. The Bertz CT molecular complexity index is 1060. The first-order valence-corrected chi connectivity index (χ1v) is 5.92. The molecule has 1 N–H and O–H groups in total. The molecule has 0 bridgehead atoms. The molecule has 4 aromatic heterocycles. The number of pyridine rings is 3. The van der Waals surface area contributed by atoms with Gasteiger partial charge in [0, 0.05) is 40.9 Å². The van der Waals surface area contributed by atoms with Crippen LogP contribution < -0.4 is 0 Å². The highest BCUT2D eigenvalue weighted by Crippen LogP contribution is 2.26. The molecule has 0 atom stereocenters. The third-order valence-electron chi connectivity index (χ3n) is 3.09. The lowest BCUT2D eigenvalue weighted by Crippen LogP contribution is -1.87. The largest absolute Gasteiger partial charge is 0.339 e. The number of fused-ring (bicyclic) bond motifs is 3. The van der Waals surface area contributed by atoms with Gasteiger partial charge in [-0.05, 0) is 24.3 Å². The summed E-state index contributed by atoms with van der Waals surface area (Å²) in [6.07, 6.45) is -0.156. The highest BCUT2D eigenvalue weighted by Gasteiger charge is 2.07. The van der Waals surface area contributed by atoms with Crippen LogP contribution in [0.1, 0.15) is 4.11 Å². The monoisotopic (exact) mass is 270 g/mol. The molecule has 0 aliphatic rings. The second-order valence-corrected chi connectivity index (χ2v) is 4.31. The maximum absolute atomic E-state index is 13.4. The van der Waals surface area contributed by atoms with Crippen LogP contribution in [0.3, 0.4) is 0 Å². The van der Waals surface area contributed by atoms with Crippen molar-refractivity contribution in [3.8, 4) is 11.3 Å². The number of hydrogen-bond donors (Lipinski definition) is 1. The van der Waals surface area contributed by atoms with Gasteiger partial charge < -0.3 is 4.98 Å². The van der Waals surface area contributed by atoms with Crippen LogP contribution in [0.2, 0.25) is 0 Å². The Hall–Kier alpha value is -2.82. The van der Waals surface area contributed by atoms with E-state index >= 15 is 0 Å². The molecule has 4 aromatic rings. The molecule has 4 nitrogen and oxygen atoms in total. The molecule has 4 rings (SSSR count). The normalized spacial score (nSPS) is 13.3. The minimum atomic E-state index is -0.734. The molecule has 0 unspecified atom stereocenters. The van der Waals surface area contributed by atoms with E-state index in [0.29, 0.717) is 33.2 Å². The zero-order chi connectivity index (χ0) is 16.1. The van der Waals surface area contributed by atoms with Gasteiger partial charge in [0.05, 0.1) is 15.3 Å². The number of nitrogens with zero attached hydrogens (tertiary/aromatic N) is 3. The van der Waals surface area contributed by atoms with Crippen LogP contribution in [0.15, 0.2) is 48.9 Å². The van der Waals surface area contributed by atoms with Crippen LogP contribution in [0.5, 0.6) is 0 Å². The lowest BCUT2D eigenvalue weighted by atomic mass is 10.1. The SMILES string of the molecule is [3H]c1cc(-c2ccc3c(n2)[nH]c2cc([3H])nc([3H])c23)cc(F)n1. The van der Waals surface area contributed by atoms with E-state index in [1.54, 1.807) is 12.1 Å². The Morgan fingerprint density at radius 2 is 2.05 bits per heavy atom. The first-order chi connectivity index (χ1) is 11.0. The molecule has 0 spiro atoms. The minimum absolute atomic E-state index is 0.00401. The van der Waals surface area contributed by atoms with Crippen molar-refractivity contribution < 1.29 is 8.50 Å². The Morgan fingerprint density at radius 3 is 2.95 bits per heavy atom. The summed E-state index contributed by atoms with van der Waals surface area (Å²) < 4.78 is 36.3. The maximum Gasteiger partial charge on any atom is 0.213 e. The summed E-state index contributed by atoms with van der Waals surface area (Å²) in [5.41, 5.74) is 2.07. The Balaban J connectivity index is 1.98. The number of H-pyrrole nitrogens is 1.